The van der Waals surface area contributed by atoms with Crippen molar-refractivity contribution in [1.82, 2.24) is 0 Å². The first kappa shape index (κ1) is 12.2. The van der Waals surface area contributed by atoms with Crippen LogP contribution >= 0.6 is 0 Å². The summed E-state index contributed by atoms with van der Waals surface area (Å²) in [4.78, 5) is 11.3. The van der Waals surface area contributed by atoms with E-state index in [2.05, 4.69) is 6.58 Å². The van der Waals surface area contributed by atoms with Gasteiger partial charge in [0, 0.05) is 16.8 Å². The molecule has 2 aromatic carbocycles. The molecule has 0 heterocycles. The van der Waals surface area contributed by atoms with E-state index < -0.39 is 5.97 Å². The molecule has 0 bridgehead atoms. The van der Waals surface area contributed by atoms with Crippen molar-refractivity contribution in [1.29, 1.82) is 0 Å². The minimum absolute atomic E-state index is 0.185. The number of fused-ring (bicyclic) bond motifs is 1. The van der Waals surface area contributed by atoms with Crippen molar-refractivity contribution in [2.45, 2.75) is 13.8 Å². The second-order valence-corrected chi connectivity index (χ2v) is 4.22. The third-order valence-electron chi connectivity index (χ3n) is 2.78. The Kier molecular flexibility index (Phi) is 3.06. The van der Waals surface area contributed by atoms with Crippen molar-refractivity contribution in [2.24, 2.45) is 0 Å². The monoisotopic (exact) mass is 242 g/mol. The van der Waals surface area contributed by atoms with Crippen LogP contribution in [0.2, 0.25) is 0 Å². The molecular weight excluding hydrogens is 228 g/mol. The highest BCUT2D eigenvalue weighted by atomic mass is 16.5. The maximum atomic E-state index is 11.3. The van der Waals surface area contributed by atoms with Gasteiger partial charge in [-0.25, -0.2) is 4.79 Å². The summed E-state index contributed by atoms with van der Waals surface area (Å²) in [6.45, 7) is 7.10. The molecule has 0 saturated heterocycles. The summed E-state index contributed by atoms with van der Waals surface area (Å²) >= 11 is 0. The molecule has 0 radical (unpaired) electrons. The van der Waals surface area contributed by atoms with Crippen LogP contribution in [-0.4, -0.2) is 11.1 Å². The Morgan fingerprint density at radius 3 is 2.67 bits per heavy atom. The highest BCUT2D eigenvalue weighted by Gasteiger charge is 2.12. The Balaban J connectivity index is 2.71. The number of phenolic OH excluding ortho intramolecular Hbond substituents is 1. The van der Waals surface area contributed by atoms with Crippen LogP contribution in [0, 0.1) is 13.8 Å². The number of phenols is 1. The molecule has 2 rings (SSSR count). The average molecular weight is 242 g/mol. The SMILES string of the molecule is C=CC(=O)Oc1c(C)cc(O)c2cc(C)ccc12. The standard InChI is InChI=1S/C15H14O3/c1-4-14(17)18-15-10(3)8-13(16)12-7-9(2)5-6-11(12)15/h4-8,16H,1H2,2-3H3. The zero-order valence-corrected chi connectivity index (χ0v) is 10.4. The maximum absolute atomic E-state index is 11.3. The fourth-order valence-corrected chi connectivity index (χ4v) is 1.91. The molecule has 1 N–H and O–H groups in total. The molecular formula is C15H14O3. The summed E-state index contributed by atoms with van der Waals surface area (Å²) in [6, 6.07) is 7.19. The van der Waals surface area contributed by atoms with Gasteiger partial charge in [0.25, 0.3) is 0 Å². The number of esters is 1. The first-order chi connectivity index (χ1) is 8.52. The molecule has 3 heteroatoms. The van der Waals surface area contributed by atoms with Crippen molar-refractivity contribution < 1.29 is 14.6 Å². The molecule has 18 heavy (non-hydrogen) atoms. The van der Waals surface area contributed by atoms with Crippen LogP contribution in [-0.2, 0) is 4.79 Å². The smallest absolute Gasteiger partial charge is 0.335 e. The summed E-state index contributed by atoms with van der Waals surface area (Å²) in [5.74, 6) is 0.142. The Bertz CT molecular complexity index is 642. The number of aromatic hydroxyl groups is 1. The van der Waals surface area contributed by atoms with Crippen LogP contribution in [0.25, 0.3) is 10.8 Å². The maximum Gasteiger partial charge on any atom is 0.335 e. The number of hydrogen-bond donors (Lipinski definition) is 1. The molecule has 0 aliphatic carbocycles. The summed E-state index contributed by atoms with van der Waals surface area (Å²) < 4.78 is 5.23. The number of aryl methyl sites for hydroxylation is 2. The van der Waals surface area contributed by atoms with Crippen LogP contribution in [0.5, 0.6) is 11.5 Å². The molecule has 2 aromatic rings. The molecule has 0 atom stereocenters. The molecule has 0 saturated carbocycles. The summed E-state index contributed by atoms with van der Waals surface area (Å²) in [5.41, 5.74) is 1.74. The topological polar surface area (TPSA) is 46.5 Å². The molecule has 3 nitrogen and oxygen atoms in total. The molecule has 0 aliphatic rings. The number of carbonyl (C=O) groups excluding carboxylic acids is 1. The number of rotatable bonds is 2. The fourth-order valence-electron chi connectivity index (χ4n) is 1.91. The van der Waals surface area contributed by atoms with E-state index in [1.54, 1.807) is 13.0 Å². The lowest BCUT2D eigenvalue weighted by molar-refractivity contribution is -0.128. The quantitative estimate of drug-likeness (QED) is 0.499. The Morgan fingerprint density at radius 1 is 1.28 bits per heavy atom. The number of ether oxygens (including phenoxy) is 1. The van der Waals surface area contributed by atoms with Gasteiger partial charge in [0.1, 0.15) is 11.5 Å². The van der Waals surface area contributed by atoms with E-state index in [-0.39, 0.29) is 5.75 Å². The largest absolute Gasteiger partial charge is 0.507 e. The third kappa shape index (κ3) is 2.07. The summed E-state index contributed by atoms with van der Waals surface area (Å²) in [6.07, 6.45) is 1.12. The highest BCUT2D eigenvalue weighted by Crippen LogP contribution is 2.36. The Labute approximate surface area is 105 Å². The second kappa shape index (κ2) is 4.53. The van der Waals surface area contributed by atoms with Crippen LogP contribution in [0.3, 0.4) is 0 Å². The number of benzene rings is 2. The van der Waals surface area contributed by atoms with E-state index in [1.165, 1.54) is 0 Å². The molecule has 92 valence electrons. The van der Waals surface area contributed by atoms with Gasteiger partial charge < -0.3 is 9.84 Å². The zero-order valence-electron chi connectivity index (χ0n) is 10.4. The van der Waals surface area contributed by atoms with Crippen molar-refractivity contribution >= 4 is 16.7 Å². The van der Waals surface area contributed by atoms with Crippen molar-refractivity contribution in [3.8, 4) is 11.5 Å². The summed E-state index contributed by atoms with van der Waals surface area (Å²) in [5, 5.41) is 11.3. The van der Waals surface area contributed by atoms with Crippen molar-refractivity contribution in [3.63, 3.8) is 0 Å². The van der Waals surface area contributed by atoms with Crippen LogP contribution < -0.4 is 4.74 Å². The van der Waals surface area contributed by atoms with Crippen molar-refractivity contribution in [3.05, 3.63) is 48.0 Å². The molecule has 0 aromatic heterocycles. The van der Waals surface area contributed by atoms with E-state index in [0.717, 1.165) is 11.6 Å². The molecule has 0 unspecified atom stereocenters. The van der Waals surface area contributed by atoms with Gasteiger partial charge in [-0.3, -0.25) is 0 Å². The summed E-state index contributed by atoms with van der Waals surface area (Å²) in [7, 11) is 0. The molecule has 0 fully saturated rings. The van der Waals surface area contributed by atoms with Gasteiger partial charge in [0.15, 0.2) is 0 Å². The third-order valence-corrected chi connectivity index (χ3v) is 2.78. The minimum atomic E-state index is -0.509. The Hall–Kier alpha value is -2.29. The van der Waals surface area contributed by atoms with Gasteiger partial charge >= 0.3 is 5.97 Å². The lowest BCUT2D eigenvalue weighted by Crippen LogP contribution is -2.05. The van der Waals surface area contributed by atoms with E-state index >= 15 is 0 Å². The average Bonchev–Trinajstić information content (AvgIpc) is 2.34. The lowest BCUT2D eigenvalue weighted by atomic mass is 10.0. The predicted octanol–water partition coefficient (Wildman–Crippen LogP) is 3.25. The minimum Gasteiger partial charge on any atom is -0.507 e. The van der Waals surface area contributed by atoms with Crippen LogP contribution in [0.15, 0.2) is 36.9 Å². The van der Waals surface area contributed by atoms with Crippen LogP contribution in [0.1, 0.15) is 11.1 Å². The first-order valence-electron chi connectivity index (χ1n) is 5.60. The van der Waals surface area contributed by atoms with Crippen molar-refractivity contribution in [2.75, 3.05) is 0 Å². The van der Waals surface area contributed by atoms with E-state index in [0.29, 0.717) is 22.1 Å². The highest BCUT2D eigenvalue weighted by molar-refractivity contribution is 5.97. The van der Waals surface area contributed by atoms with Gasteiger partial charge in [0.05, 0.1) is 0 Å². The molecule has 0 amide bonds. The van der Waals surface area contributed by atoms with Gasteiger partial charge in [-0.05, 0) is 31.5 Å². The zero-order chi connectivity index (χ0) is 13.3. The number of hydrogen-bond acceptors (Lipinski definition) is 3. The lowest BCUT2D eigenvalue weighted by Gasteiger charge is -2.11. The first-order valence-corrected chi connectivity index (χ1v) is 5.60. The fraction of sp³-hybridized carbons (Fsp3) is 0.133. The Morgan fingerprint density at radius 2 is 2.00 bits per heavy atom. The van der Waals surface area contributed by atoms with E-state index in [1.807, 2.05) is 25.1 Å². The second-order valence-electron chi connectivity index (χ2n) is 4.22. The normalized spacial score (nSPS) is 10.3. The van der Waals surface area contributed by atoms with Crippen LogP contribution in [0.4, 0.5) is 0 Å². The molecule has 0 spiro atoms. The van der Waals surface area contributed by atoms with Gasteiger partial charge in [-0.2, -0.15) is 0 Å². The van der Waals surface area contributed by atoms with Gasteiger partial charge in [-0.15, -0.1) is 0 Å². The number of carbonyl (C=O) groups is 1. The predicted molar refractivity (Wildman–Crippen MR) is 70.9 cm³/mol. The van der Waals surface area contributed by atoms with E-state index in [9.17, 15) is 9.90 Å². The van der Waals surface area contributed by atoms with Gasteiger partial charge in [0.2, 0.25) is 0 Å². The van der Waals surface area contributed by atoms with E-state index in [4.69, 9.17) is 4.74 Å². The molecule has 0 aliphatic heterocycles. The van der Waals surface area contributed by atoms with Gasteiger partial charge in [-0.1, -0.05) is 24.3 Å².